The number of carbonyl (C=O) groups excluding carboxylic acids is 1. The number of H-pyrrole nitrogens is 2. The zero-order valence-electron chi connectivity index (χ0n) is 12.4. The Hall–Kier alpha value is -3.35. The van der Waals surface area contributed by atoms with E-state index in [1.54, 1.807) is 31.6 Å². The Bertz CT molecular complexity index is 924. The number of hydrogen-bond donors (Lipinski definition) is 3. The molecule has 4 rings (SSSR count). The zero-order chi connectivity index (χ0) is 16.2. The quantitative estimate of drug-likeness (QED) is 0.527. The predicted octanol–water partition coefficient (Wildman–Crippen LogP) is 2.23. The third-order valence-corrected chi connectivity index (χ3v) is 3.27. The van der Waals surface area contributed by atoms with E-state index in [4.69, 9.17) is 10.5 Å². The number of nitrogens with two attached hydrogens (primary N) is 1. The molecular weight excluding hydrogens is 294 g/mol. The number of fused-ring (bicyclic) bond motifs is 2. The number of hydrogen-bond acceptors (Lipinski definition) is 4. The van der Waals surface area contributed by atoms with E-state index in [1.807, 2.05) is 24.3 Å². The maximum Gasteiger partial charge on any atom is 0.294 e. The molecule has 7 heteroatoms. The summed E-state index contributed by atoms with van der Waals surface area (Å²) in [5.41, 5.74) is 9.19. The Morgan fingerprint density at radius 1 is 1.13 bits per heavy atom. The topological polar surface area (TPSA) is 110 Å². The molecular formula is C16H15N5O2. The number of benzene rings is 2. The maximum atomic E-state index is 10.8. The lowest BCUT2D eigenvalue weighted by atomic mass is 10.2. The molecule has 0 radical (unpaired) electrons. The number of imidazole rings is 2. The van der Waals surface area contributed by atoms with Gasteiger partial charge in [0.2, 0.25) is 5.91 Å². The summed E-state index contributed by atoms with van der Waals surface area (Å²) in [5.74, 6) is -0.425. The van der Waals surface area contributed by atoms with E-state index in [1.165, 1.54) is 0 Å². The van der Waals surface area contributed by atoms with Gasteiger partial charge in [0.25, 0.3) is 6.01 Å². The molecule has 0 unspecified atom stereocenters. The van der Waals surface area contributed by atoms with Crippen molar-refractivity contribution < 1.29 is 9.53 Å². The fraction of sp³-hybridized carbons (Fsp3) is 0.0625. The number of aromatic amines is 2. The van der Waals surface area contributed by atoms with Crippen LogP contribution in [0.2, 0.25) is 0 Å². The van der Waals surface area contributed by atoms with Crippen LogP contribution < -0.4 is 10.5 Å². The summed E-state index contributed by atoms with van der Waals surface area (Å²) in [6.45, 7) is 0. The number of ether oxygens (including phenoxy) is 1. The number of nitrogens with zero attached hydrogens (tertiary/aromatic N) is 2. The minimum atomic E-state index is -0.425. The highest BCUT2D eigenvalue weighted by Crippen LogP contribution is 2.13. The molecule has 1 amide bonds. The van der Waals surface area contributed by atoms with Crippen molar-refractivity contribution in [3.05, 3.63) is 54.4 Å². The van der Waals surface area contributed by atoms with E-state index in [-0.39, 0.29) is 0 Å². The highest BCUT2D eigenvalue weighted by atomic mass is 16.5. The van der Waals surface area contributed by atoms with Crippen LogP contribution in [0.25, 0.3) is 22.1 Å². The van der Waals surface area contributed by atoms with Crippen molar-refractivity contribution in [3.8, 4) is 6.01 Å². The lowest BCUT2D eigenvalue weighted by molar-refractivity contribution is 0.100. The summed E-state index contributed by atoms with van der Waals surface area (Å²) in [5, 5.41) is 0. The minimum absolute atomic E-state index is 0.425. The van der Waals surface area contributed by atoms with Crippen molar-refractivity contribution in [2.24, 2.45) is 5.73 Å². The van der Waals surface area contributed by atoms with Crippen LogP contribution in [-0.2, 0) is 0 Å². The smallest absolute Gasteiger partial charge is 0.294 e. The summed E-state index contributed by atoms with van der Waals surface area (Å²) in [4.78, 5) is 24.8. The van der Waals surface area contributed by atoms with Crippen LogP contribution in [0.4, 0.5) is 0 Å². The van der Waals surface area contributed by atoms with Crippen molar-refractivity contribution in [3.63, 3.8) is 0 Å². The second-order valence-corrected chi connectivity index (χ2v) is 4.76. The van der Waals surface area contributed by atoms with Gasteiger partial charge in [0.15, 0.2) is 0 Å². The van der Waals surface area contributed by atoms with Crippen molar-refractivity contribution in [2.75, 3.05) is 7.11 Å². The number of primary amides is 1. The van der Waals surface area contributed by atoms with Crippen LogP contribution in [0.5, 0.6) is 6.01 Å². The van der Waals surface area contributed by atoms with Crippen molar-refractivity contribution in [1.29, 1.82) is 0 Å². The highest BCUT2D eigenvalue weighted by molar-refractivity contribution is 5.96. The SMILES string of the molecule is COc1nc2ccccc2[nH]1.NC(=O)c1ccc2nc[nH]c2c1. The van der Waals surface area contributed by atoms with Crippen LogP contribution in [0, 0.1) is 0 Å². The van der Waals surface area contributed by atoms with Gasteiger partial charge in [-0.15, -0.1) is 0 Å². The molecule has 0 bridgehead atoms. The van der Waals surface area contributed by atoms with Gasteiger partial charge >= 0.3 is 0 Å². The second-order valence-electron chi connectivity index (χ2n) is 4.76. The van der Waals surface area contributed by atoms with Gasteiger partial charge in [-0.3, -0.25) is 4.79 Å². The highest BCUT2D eigenvalue weighted by Gasteiger charge is 2.01. The van der Waals surface area contributed by atoms with Gasteiger partial charge in [-0.1, -0.05) is 12.1 Å². The third kappa shape index (κ3) is 3.13. The zero-order valence-corrected chi connectivity index (χ0v) is 12.4. The van der Waals surface area contributed by atoms with Crippen molar-refractivity contribution in [2.45, 2.75) is 0 Å². The van der Waals surface area contributed by atoms with E-state index < -0.39 is 5.91 Å². The van der Waals surface area contributed by atoms with E-state index in [0.29, 0.717) is 11.6 Å². The summed E-state index contributed by atoms with van der Waals surface area (Å²) < 4.78 is 4.93. The minimum Gasteiger partial charge on any atom is -0.468 e. The Morgan fingerprint density at radius 3 is 2.70 bits per heavy atom. The summed E-state index contributed by atoms with van der Waals surface area (Å²) in [6.07, 6.45) is 1.58. The second kappa shape index (κ2) is 6.18. The summed E-state index contributed by atoms with van der Waals surface area (Å²) in [7, 11) is 1.59. The van der Waals surface area contributed by atoms with Gasteiger partial charge in [-0.2, -0.15) is 4.98 Å². The van der Waals surface area contributed by atoms with Gasteiger partial charge in [-0.05, 0) is 30.3 Å². The van der Waals surface area contributed by atoms with Gasteiger partial charge in [0, 0.05) is 5.56 Å². The summed E-state index contributed by atoms with van der Waals surface area (Å²) >= 11 is 0. The molecule has 0 aliphatic heterocycles. The van der Waals surface area contributed by atoms with E-state index >= 15 is 0 Å². The number of rotatable bonds is 2. The Labute approximate surface area is 131 Å². The Morgan fingerprint density at radius 2 is 1.96 bits per heavy atom. The van der Waals surface area contributed by atoms with E-state index in [9.17, 15) is 4.79 Å². The molecule has 0 saturated heterocycles. The monoisotopic (exact) mass is 309 g/mol. The molecule has 23 heavy (non-hydrogen) atoms. The van der Waals surface area contributed by atoms with Crippen molar-refractivity contribution in [1.82, 2.24) is 19.9 Å². The maximum absolute atomic E-state index is 10.8. The lowest BCUT2D eigenvalue weighted by Crippen LogP contribution is -2.10. The fourth-order valence-corrected chi connectivity index (χ4v) is 2.11. The Balaban J connectivity index is 0.000000136. The first-order chi connectivity index (χ1) is 11.2. The predicted molar refractivity (Wildman–Crippen MR) is 87.3 cm³/mol. The number of amides is 1. The van der Waals surface area contributed by atoms with Gasteiger partial charge in [0.1, 0.15) is 0 Å². The van der Waals surface area contributed by atoms with E-state index in [0.717, 1.165) is 22.1 Å². The number of nitrogens with one attached hydrogen (secondary N) is 2. The molecule has 2 aromatic carbocycles. The van der Waals surface area contributed by atoms with Crippen molar-refractivity contribution >= 4 is 28.0 Å². The normalized spacial score (nSPS) is 10.3. The van der Waals surface area contributed by atoms with Gasteiger partial charge in [0.05, 0.1) is 35.5 Å². The average molecular weight is 309 g/mol. The molecule has 0 atom stereocenters. The number of carbonyl (C=O) groups is 1. The largest absolute Gasteiger partial charge is 0.468 e. The Kier molecular flexibility index (Phi) is 3.92. The van der Waals surface area contributed by atoms with Crippen LogP contribution >= 0.6 is 0 Å². The van der Waals surface area contributed by atoms with Crippen LogP contribution in [0.1, 0.15) is 10.4 Å². The molecule has 0 aliphatic rings. The molecule has 116 valence electrons. The molecule has 0 saturated carbocycles. The van der Waals surface area contributed by atoms with Crippen LogP contribution in [0.15, 0.2) is 48.8 Å². The molecule has 0 fully saturated rings. The number of aromatic nitrogens is 4. The molecule has 2 heterocycles. The first kappa shape index (κ1) is 14.6. The average Bonchev–Trinajstić information content (AvgIpc) is 3.20. The lowest BCUT2D eigenvalue weighted by Gasteiger charge is -1.93. The molecule has 4 aromatic rings. The van der Waals surface area contributed by atoms with Crippen LogP contribution in [-0.4, -0.2) is 33.0 Å². The summed E-state index contributed by atoms with van der Waals surface area (Å²) in [6, 6.07) is 13.5. The molecule has 7 nitrogen and oxygen atoms in total. The molecule has 4 N–H and O–H groups in total. The molecule has 0 spiro atoms. The number of para-hydroxylation sites is 2. The standard InChI is InChI=1S/C8H7N3O.C8H8N2O/c9-8(12)5-1-2-6-7(3-5)11-4-10-6;1-11-8-9-6-4-2-3-5-7(6)10-8/h1-4H,(H2,9,12)(H,10,11);2-5H,1H3,(H,9,10). The third-order valence-electron chi connectivity index (χ3n) is 3.27. The van der Waals surface area contributed by atoms with E-state index in [2.05, 4.69) is 19.9 Å². The molecule has 2 aromatic heterocycles. The first-order valence-corrected chi connectivity index (χ1v) is 6.89. The van der Waals surface area contributed by atoms with Gasteiger partial charge < -0.3 is 20.4 Å². The fourth-order valence-electron chi connectivity index (χ4n) is 2.11. The van der Waals surface area contributed by atoms with Crippen LogP contribution in [0.3, 0.4) is 0 Å². The first-order valence-electron chi connectivity index (χ1n) is 6.89. The van der Waals surface area contributed by atoms with Gasteiger partial charge in [-0.25, -0.2) is 4.98 Å². The number of methoxy groups -OCH3 is 1. The molecule has 0 aliphatic carbocycles.